The predicted octanol–water partition coefficient (Wildman–Crippen LogP) is 7.81. The molecule has 2 N–H and O–H groups in total. The molecule has 1 spiro atoms. The molecule has 1 saturated carbocycles. The SMILES string of the molecule is C[C@@H](COc1ccnc2c1[C@@H](C)CC2)C[C@@H]1Cc2ccccc2C12CCC(Nc1cccc(Cl)c1)(C(=O)O)CC2. The van der Waals surface area contributed by atoms with E-state index in [0.29, 0.717) is 42.2 Å². The Balaban J connectivity index is 1.19. The predicted molar refractivity (Wildman–Crippen MR) is 159 cm³/mol. The molecule has 0 amide bonds. The van der Waals surface area contributed by atoms with Gasteiger partial charge in [0.1, 0.15) is 11.3 Å². The number of nitrogens with one attached hydrogen (secondary N) is 1. The van der Waals surface area contributed by atoms with E-state index in [1.807, 2.05) is 36.5 Å². The molecule has 0 aliphatic heterocycles. The van der Waals surface area contributed by atoms with Crippen LogP contribution in [0.1, 0.15) is 80.7 Å². The molecular weight excluding hydrogens is 520 g/mol. The van der Waals surface area contributed by atoms with Gasteiger partial charge >= 0.3 is 5.97 Å². The summed E-state index contributed by atoms with van der Waals surface area (Å²) in [6, 6.07) is 18.2. The Morgan fingerprint density at radius 3 is 2.73 bits per heavy atom. The highest BCUT2D eigenvalue weighted by molar-refractivity contribution is 6.30. The number of carboxylic acid groups (broad SMARTS) is 1. The smallest absolute Gasteiger partial charge is 0.329 e. The van der Waals surface area contributed by atoms with E-state index in [4.69, 9.17) is 16.3 Å². The van der Waals surface area contributed by atoms with Gasteiger partial charge in [-0.25, -0.2) is 4.79 Å². The summed E-state index contributed by atoms with van der Waals surface area (Å²) in [5, 5.41) is 14.4. The van der Waals surface area contributed by atoms with Gasteiger partial charge in [0, 0.05) is 28.2 Å². The number of nitrogens with zero attached hydrogens (tertiary/aromatic N) is 1. The number of carbonyl (C=O) groups is 1. The average Bonchev–Trinajstić information content (AvgIpc) is 3.47. The molecule has 3 aliphatic rings. The Kier molecular flexibility index (Phi) is 7.28. The summed E-state index contributed by atoms with van der Waals surface area (Å²) in [6.07, 6.45) is 9.00. The molecular formula is C34H39ClN2O3. The number of anilines is 1. The zero-order chi connectivity index (χ0) is 27.9. The maximum Gasteiger partial charge on any atom is 0.329 e. The van der Waals surface area contributed by atoms with Gasteiger partial charge in [0.25, 0.3) is 0 Å². The van der Waals surface area contributed by atoms with Gasteiger partial charge in [0.15, 0.2) is 0 Å². The average molecular weight is 559 g/mol. The summed E-state index contributed by atoms with van der Waals surface area (Å²) in [4.78, 5) is 17.3. The monoisotopic (exact) mass is 558 g/mol. The fourth-order valence-corrected chi connectivity index (χ4v) is 8.03. The van der Waals surface area contributed by atoms with Gasteiger partial charge < -0.3 is 15.2 Å². The standard InChI is InChI=1S/C34H39ClN2O3/c1-22(21-40-30-12-17-36-29-11-10-23(2)31(29)30)18-25-19-24-6-3-4-9-28(24)33(25)13-15-34(16-14-33,32(38)39)37-27-8-5-7-26(35)20-27/h3-9,12,17,20,22-23,25,37H,10-11,13-16,18-19,21H2,1-2H3,(H,38,39)/t22-,23+,25-,33?,34?/m1/s1. The minimum absolute atomic E-state index is 0.00769. The summed E-state index contributed by atoms with van der Waals surface area (Å²) in [6.45, 7) is 5.25. The Morgan fingerprint density at radius 2 is 1.95 bits per heavy atom. The number of rotatable bonds is 8. The van der Waals surface area contributed by atoms with Crippen LogP contribution >= 0.6 is 11.6 Å². The number of fused-ring (bicyclic) bond motifs is 3. The van der Waals surface area contributed by atoms with Crippen LogP contribution in [0.25, 0.3) is 0 Å². The molecule has 0 radical (unpaired) electrons. The third-order valence-electron chi connectivity index (χ3n) is 9.96. The van der Waals surface area contributed by atoms with Crippen molar-refractivity contribution in [3.05, 3.63) is 88.2 Å². The number of aliphatic carboxylic acids is 1. The zero-order valence-electron chi connectivity index (χ0n) is 23.5. The second-order valence-electron chi connectivity index (χ2n) is 12.5. The first-order chi connectivity index (χ1) is 19.3. The number of carboxylic acids is 1. The van der Waals surface area contributed by atoms with Crippen molar-refractivity contribution in [1.82, 2.24) is 4.98 Å². The molecule has 0 unspecified atom stereocenters. The van der Waals surface area contributed by atoms with Crippen molar-refractivity contribution in [2.75, 3.05) is 11.9 Å². The highest BCUT2D eigenvalue weighted by Crippen LogP contribution is 2.56. The highest BCUT2D eigenvalue weighted by atomic mass is 35.5. The molecule has 2 aromatic carbocycles. The van der Waals surface area contributed by atoms with Crippen LogP contribution < -0.4 is 10.1 Å². The van der Waals surface area contributed by atoms with Gasteiger partial charge in [-0.3, -0.25) is 4.98 Å². The number of benzene rings is 2. The number of hydrogen-bond acceptors (Lipinski definition) is 4. The third-order valence-corrected chi connectivity index (χ3v) is 10.2. The fourth-order valence-electron chi connectivity index (χ4n) is 7.84. The first-order valence-electron chi connectivity index (χ1n) is 14.8. The second kappa shape index (κ2) is 10.7. The summed E-state index contributed by atoms with van der Waals surface area (Å²) >= 11 is 6.21. The van der Waals surface area contributed by atoms with Crippen molar-refractivity contribution in [3.63, 3.8) is 0 Å². The van der Waals surface area contributed by atoms with Gasteiger partial charge in [0.05, 0.1) is 6.61 Å². The number of halogens is 1. The fraction of sp³-hybridized carbons (Fsp3) is 0.471. The van der Waals surface area contributed by atoms with Crippen LogP contribution in [0.5, 0.6) is 5.75 Å². The van der Waals surface area contributed by atoms with Crippen LogP contribution in [0.15, 0.2) is 60.8 Å². The largest absolute Gasteiger partial charge is 0.493 e. The summed E-state index contributed by atoms with van der Waals surface area (Å²) in [5.74, 6) is 1.56. The quantitative estimate of drug-likeness (QED) is 0.295. The molecule has 210 valence electrons. The second-order valence-corrected chi connectivity index (χ2v) is 12.9. The van der Waals surface area contributed by atoms with E-state index < -0.39 is 11.5 Å². The number of ether oxygens (including phenoxy) is 1. The van der Waals surface area contributed by atoms with Crippen LogP contribution in [0.3, 0.4) is 0 Å². The van der Waals surface area contributed by atoms with Crippen LogP contribution in [-0.4, -0.2) is 28.2 Å². The van der Waals surface area contributed by atoms with Gasteiger partial charge in [-0.15, -0.1) is 0 Å². The third kappa shape index (κ3) is 4.87. The lowest BCUT2D eigenvalue weighted by molar-refractivity contribution is -0.144. The number of aromatic nitrogens is 1. The van der Waals surface area contributed by atoms with E-state index in [0.717, 1.165) is 50.0 Å². The Hall–Kier alpha value is -3.05. The summed E-state index contributed by atoms with van der Waals surface area (Å²) in [7, 11) is 0. The first-order valence-corrected chi connectivity index (χ1v) is 15.1. The van der Waals surface area contributed by atoms with Gasteiger partial charge in [-0.2, -0.15) is 0 Å². The molecule has 6 rings (SSSR count). The molecule has 3 atom stereocenters. The number of aryl methyl sites for hydroxylation is 1. The van der Waals surface area contributed by atoms with Crippen LogP contribution in [-0.2, 0) is 23.1 Å². The topological polar surface area (TPSA) is 71.5 Å². The van der Waals surface area contributed by atoms with E-state index in [-0.39, 0.29) is 5.41 Å². The molecule has 5 nitrogen and oxygen atoms in total. The number of pyridine rings is 1. The van der Waals surface area contributed by atoms with Crippen LogP contribution in [0, 0.1) is 11.8 Å². The molecule has 3 aromatic rings. The molecule has 40 heavy (non-hydrogen) atoms. The summed E-state index contributed by atoms with van der Waals surface area (Å²) < 4.78 is 6.45. The zero-order valence-corrected chi connectivity index (χ0v) is 24.2. The Bertz CT molecular complexity index is 1400. The van der Waals surface area contributed by atoms with Crippen molar-refractivity contribution >= 4 is 23.3 Å². The summed E-state index contributed by atoms with van der Waals surface area (Å²) in [5.41, 5.74) is 5.10. The highest BCUT2D eigenvalue weighted by Gasteiger charge is 2.54. The molecule has 0 saturated heterocycles. The lowest BCUT2D eigenvalue weighted by Gasteiger charge is -2.47. The van der Waals surface area contributed by atoms with E-state index in [2.05, 4.69) is 48.4 Å². The minimum Gasteiger partial charge on any atom is -0.493 e. The normalized spacial score (nSPS) is 27.7. The van der Waals surface area contributed by atoms with Gasteiger partial charge in [-0.1, -0.05) is 55.8 Å². The Morgan fingerprint density at radius 1 is 1.15 bits per heavy atom. The van der Waals surface area contributed by atoms with Crippen LogP contribution in [0.2, 0.25) is 5.02 Å². The van der Waals surface area contributed by atoms with Crippen molar-refractivity contribution in [3.8, 4) is 5.75 Å². The van der Waals surface area contributed by atoms with Gasteiger partial charge in [0.2, 0.25) is 0 Å². The minimum atomic E-state index is -0.995. The number of hydrogen-bond donors (Lipinski definition) is 2. The van der Waals surface area contributed by atoms with Gasteiger partial charge in [-0.05, 0) is 110 Å². The molecule has 1 heterocycles. The molecule has 1 fully saturated rings. The van der Waals surface area contributed by atoms with Crippen molar-refractivity contribution in [2.24, 2.45) is 11.8 Å². The van der Waals surface area contributed by atoms with Crippen molar-refractivity contribution in [2.45, 2.75) is 82.1 Å². The molecule has 0 bridgehead atoms. The first kappa shape index (κ1) is 27.1. The van der Waals surface area contributed by atoms with E-state index >= 15 is 0 Å². The Labute approximate surface area is 242 Å². The maximum atomic E-state index is 12.7. The van der Waals surface area contributed by atoms with E-state index in [1.165, 1.54) is 22.4 Å². The lowest BCUT2D eigenvalue weighted by atomic mass is 9.59. The molecule has 1 aromatic heterocycles. The van der Waals surface area contributed by atoms with E-state index in [1.54, 1.807) is 0 Å². The van der Waals surface area contributed by atoms with Crippen molar-refractivity contribution < 1.29 is 14.6 Å². The molecule has 6 heteroatoms. The van der Waals surface area contributed by atoms with Crippen molar-refractivity contribution in [1.29, 1.82) is 0 Å². The maximum absolute atomic E-state index is 12.7. The molecule has 3 aliphatic carbocycles. The lowest BCUT2D eigenvalue weighted by Crippen LogP contribution is -2.53. The van der Waals surface area contributed by atoms with Crippen LogP contribution in [0.4, 0.5) is 5.69 Å². The van der Waals surface area contributed by atoms with E-state index in [9.17, 15) is 9.90 Å².